The van der Waals surface area contributed by atoms with Gasteiger partial charge in [-0.15, -0.1) is 0 Å². The van der Waals surface area contributed by atoms with Crippen LogP contribution in [-0.4, -0.2) is 18.4 Å². The molecule has 0 amide bonds. The summed E-state index contributed by atoms with van der Waals surface area (Å²) in [5, 5.41) is 0. The summed E-state index contributed by atoms with van der Waals surface area (Å²) in [6, 6.07) is 0. The fraction of sp³-hybridized carbons (Fsp3) is 0.875. The van der Waals surface area contributed by atoms with E-state index >= 15 is 0 Å². The third-order valence-corrected chi connectivity index (χ3v) is 13.5. The van der Waals surface area contributed by atoms with Crippen molar-refractivity contribution in [1.29, 1.82) is 0 Å². The molecule has 0 N–H and O–H groups in total. The predicted molar refractivity (Wildman–Crippen MR) is 141 cm³/mol. The number of hydrogen-bond donors (Lipinski definition) is 0. The highest BCUT2D eigenvalue weighted by molar-refractivity contribution is 5.85. The average molecular weight is 483 g/mol. The number of fused-ring (bicyclic) bond motifs is 7. The number of ketones is 1. The maximum Gasteiger partial charge on any atom is 0.312 e. The van der Waals surface area contributed by atoms with E-state index in [0.29, 0.717) is 42.0 Å². The van der Waals surface area contributed by atoms with Crippen LogP contribution in [0.15, 0.2) is 12.2 Å². The van der Waals surface area contributed by atoms with Gasteiger partial charge in [-0.1, -0.05) is 46.8 Å². The molecule has 0 spiro atoms. The summed E-state index contributed by atoms with van der Waals surface area (Å²) < 4.78 is 5.78. The van der Waals surface area contributed by atoms with Crippen LogP contribution >= 0.6 is 0 Å². The van der Waals surface area contributed by atoms with E-state index in [1.807, 2.05) is 6.92 Å². The Labute approximate surface area is 214 Å². The number of rotatable bonds is 3. The molecule has 9 atom stereocenters. The highest BCUT2D eigenvalue weighted by atomic mass is 16.5. The standard InChI is InChI=1S/C32H50O3/c1-9-35-27(34)32-17-12-21(20(2)3)26(32)22-10-11-24-29(6)15-14-25(33)28(4,5)23(29)13-16-31(24,8)30(22,7)18-19-32/h21-24,26H,2,9-19H2,1,3-8H3. The van der Waals surface area contributed by atoms with E-state index in [1.165, 1.54) is 31.3 Å². The first-order valence-corrected chi connectivity index (χ1v) is 14.7. The maximum absolute atomic E-state index is 13.6. The molecular formula is C32H50O3. The Morgan fingerprint density at radius 1 is 0.914 bits per heavy atom. The van der Waals surface area contributed by atoms with Crippen molar-refractivity contribution in [3.63, 3.8) is 0 Å². The van der Waals surface area contributed by atoms with Crippen molar-refractivity contribution in [2.45, 2.75) is 113 Å². The molecule has 0 aliphatic heterocycles. The Morgan fingerprint density at radius 2 is 1.63 bits per heavy atom. The zero-order valence-electron chi connectivity index (χ0n) is 23.6. The Kier molecular flexibility index (Phi) is 5.79. The SMILES string of the molecule is C=C(C)C1CCC2(C(=O)OCC)CCC3(C)C(CCC4C5(C)CCC(=O)C(C)(C)C5CCC43C)C12. The second-order valence-electron chi connectivity index (χ2n) is 14.7. The second-order valence-corrected chi connectivity index (χ2v) is 14.7. The third kappa shape index (κ3) is 3.08. The first kappa shape index (κ1) is 25.5. The van der Waals surface area contributed by atoms with Crippen molar-refractivity contribution in [2.75, 3.05) is 6.61 Å². The van der Waals surface area contributed by atoms with E-state index in [0.717, 1.165) is 38.5 Å². The van der Waals surface area contributed by atoms with Crippen molar-refractivity contribution in [1.82, 2.24) is 0 Å². The molecule has 5 saturated carbocycles. The highest BCUT2D eigenvalue weighted by Gasteiger charge is 2.72. The maximum atomic E-state index is 13.6. The molecule has 3 heteroatoms. The minimum absolute atomic E-state index is 0.0753. The summed E-state index contributed by atoms with van der Waals surface area (Å²) in [5.74, 6) is 3.05. The quantitative estimate of drug-likeness (QED) is 0.305. The van der Waals surface area contributed by atoms with Gasteiger partial charge in [-0.2, -0.15) is 0 Å². The summed E-state index contributed by atoms with van der Waals surface area (Å²) in [4.78, 5) is 26.5. The van der Waals surface area contributed by atoms with E-state index in [2.05, 4.69) is 48.1 Å². The first-order chi connectivity index (χ1) is 16.3. The molecule has 0 aromatic heterocycles. The van der Waals surface area contributed by atoms with Crippen molar-refractivity contribution >= 4 is 11.8 Å². The molecule has 9 unspecified atom stereocenters. The molecule has 3 nitrogen and oxygen atoms in total. The van der Waals surface area contributed by atoms with Crippen molar-refractivity contribution in [3.8, 4) is 0 Å². The van der Waals surface area contributed by atoms with Gasteiger partial charge in [0.25, 0.3) is 0 Å². The van der Waals surface area contributed by atoms with E-state index in [1.54, 1.807) is 0 Å². The number of ether oxygens (including phenoxy) is 1. The van der Waals surface area contributed by atoms with Gasteiger partial charge in [0.2, 0.25) is 0 Å². The van der Waals surface area contributed by atoms with Crippen LogP contribution in [0, 0.1) is 56.7 Å². The molecule has 5 rings (SSSR count). The summed E-state index contributed by atoms with van der Waals surface area (Å²) in [6.07, 6.45) is 10.8. The molecule has 0 bridgehead atoms. The van der Waals surface area contributed by atoms with E-state index < -0.39 is 0 Å². The van der Waals surface area contributed by atoms with Crippen LogP contribution in [0.1, 0.15) is 113 Å². The second kappa shape index (κ2) is 7.94. The van der Waals surface area contributed by atoms with Crippen molar-refractivity contribution in [3.05, 3.63) is 12.2 Å². The Balaban J connectivity index is 1.56. The van der Waals surface area contributed by atoms with Crippen molar-refractivity contribution in [2.24, 2.45) is 56.7 Å². The highest BCUT2D eigenvalue weighted by Crippen LogP contribution is 2.77. The lowest BCUT2D eigenvalue weighted by molar-refractivity contribution is -0.236. The van der Waals surface area contributed by atoms with Crippen LogP contribution < -0.4 is 0 Å². The zero-order chi connectivity index (χ0) is 25.6. The number of esters is 1. The van der Waals surface area contributed by atoms with Crippen LogP contribution in [0.5, 0.6) is 0 Å². The number of allylic oxidation sites excluding steroid dienone is 1. The Bertz CT molecular complexity index is 933. The van der Waals surface area contributed by atoms with Gasteiger partial charge in [-0.25, -0.2) is 0 Å². The molecule has 0 aromatic rings. The van der Waals surface area contributed by atoms with Gasteiger partial charge in [-0.3, -0.25) is 9.59 Å². The van der Waals surface area contributed by atoms with Gasteiger partial charge < -0.3 is 4.74 Å². The van der Waals surface area contributed by atoms with Gasteiger partial charge in [0.1, 0.15) is 5.78 Å². The minimum atomic E-state index is -0.312. The molecule has 5 fully saturated rings. The molecule has 35 heavy (non-hydrogen) atoms. The average Bonchev–Trinajstić information content (AvgIpc) is 3.19. The van der Waals surface area contributed by atoms with Crippen LogP contribution in [0.2, 0.25) is 0 Å². The monoisotopic (exact) mass is 482 g/mol. The predicted octanol–water partition coefficient (Wildman–Crippen LogP) is 7.78. The normalized spacial score (nSPS) is 50.4. The van der Waals surface area contributed by atoms with Gasteiger partial charge in [0.05, 0.1) is 12.0 Å². The fourth-order valence-electron chi connectivity index (χ4n) is 11.6. The molecular weight excluding hydrogens is 432 g/mol. The van der Waals surface area contributed by atoms with Gasteiger partial charge in [0, 0.05) is 11.8 Å². The molecule has 5 aliphatic rings. The fourth-order valence-corrected chi connectivity index (χ4v) is 11.6. The smallest absolute Gasteiger partial charge is 0.312 e. The molecule has 0 heterocycles. The molecule has 196 valence electrons. The van der Waals surface area contributed by atoms with E-state index in [4.69, 9.17) is 4.74 Å². The summed E-state index contributed by atoms with van der Waals surface area (Å²) in [7, 11) is 0. The van der Waals surface area contributed by atoms with Gasteiger partial charge >= 0.3 is 5.97 Å². The van der Waals surface area contributed by atoms with E-state index in [9.17, 15) is 9.59 Å². The lowest BCUT2D eigenvalue weighted by Crippen LogP contribution is -2.66. The number of carbonyl (C=O) groups is 2. The minimum Gasteiger partial charge on any atom is -0.466 e. The summed E-state index contributed by atoms with van der Waals surface area (Å²) in [6.45, 7) is 21.3. The van der Waals surface area contributed by atoms with Gasteiger partial charge in [-0.05, 0) is 117 Å². The zero-order valence-corrected chi connectivity index (χ0v) is 23.6. The lowest BCUT2D eigenvalue weighted by atomic mass is 9.32. The Morgan fingerprint density at radius 3 is 2.29 bits per heavy atom. The van der Waals surface area contributed by atoms with Crippen LogP contribution in [0.3, 0.4) is 0 Å². The third-order valence-electron chi connectivity index (χ3n) is 13.5. The molecule has 0 saturated heterocycles. The van der Waals surface area contributed by atoms with Crippen LogP contribution in [0.25, 0.3) is 0 Å². The van der Waals surface area contributed by atoms with Gasteiger partial charge in [0.15, 0.2) is 0 Å². The first-order valence-electron chi connectivity index (χ1n) is 14.7. The largest absolute Gasteiger partial charge is 0.466 e. The molecule has 0 radical (unpaired) electrons. The molecule has 0 aromatic carbocycles. The lowest BCUT2D eigenvalue weighted by Gasteiger charge is -2.72. The number of hydrogen-bond acceptors (Lipinski definition) is 3. The van der Waals surface area contributed by atoms with E-state index in [-0.39, 0.29) is 33.0 Å². The van der Waals surface area contributed by atoms with Crippen LogP contribution in [-0.2, 0) is 14.3 Å². The topological polar surface area (TPSA) is 43.4 Å². The summed E-state index contributed by atoms with van der Waals surface area (Å²) in [5.41, 5.74) is 1.45. The van der Waals surface area contributed by atoms with Crippen molar-refractivity contribution < 1.29 is 14.3 Å². The number of Topliss-reactive ketones (excluding diaryl/α,β-unsaturated/α-hetero) is 1. The number of carbonyl (C=O) groups excluding carboxylic acids is 2. The van der Waals surface area contributed by atoms with Crippen LogP contribution in [0.4, 0.5) is 0 Å². The molecule has 5 aliphatic carbocycles. The summed E-state index contributed by atoms with van der Waals surface area (Å²) >= 11 is 0. The Hall–Kier alpha value is -1.12.